The Morgan fingerprint density at radius 3 is 2.57 bits per heavy atom. The van der Waals surface area contributed by atoms with Gasteiger partial charge in [0.15, 0.2) is 0 Å². The van der Waals surface area contributed by atoms with Crippen LogP contribution in [0, 0.1) is 0 Å². The molecule has 0 aliphatic rings. The summed E-state index contributed by atoms with van der Waals surface area (Å²) < 4.78 is 20.0. The highest BCUT2D eigenvalue weighted by Crippen LogP contribution is 2.15. The van der Waals surface area contributed by atoms with Gasteiger partial charge in [-0.05, 0) is 25.5 Å². The van der Waals surface area contributed by atoms with Gasteiger partial charge in [0.25, 0.3) is 0 Å². The lowest BCUT2D eigenvalue weighted by molar-refractivity contribution is 0.0506. The lowest BCUT2D eigenvalue weighted by Crippen LogP contribution is -2.21. The van der Waals surface area contributed by atoms with Gasteiger partial charge in [-0.15, -0.1) is 0 Å². The first-order valence-corrected chi connectivity index (χ1v) is 8.61. The lowest BCUT2D eigenvalue weighted by atomic mass is 10.1. The number of ether oxygens (including phenoxy) is 1. The Labute approximate surface area is 138 Å². The number of unbranched alkanes of at least 4 members (excludes halogenated alkanes) is 5. The number of carbonyl (C=O) groups excluding carboxylic acids is 2. The maximum atomic E-state index is 14.0. The Kier molecular flexibility index (Phi) is 9.25. The van der Waals surface area contributed by atoms with Crippen LogP contribution in [0.15, 0.2) is 18.3 Å². The normalized spacial score (nSPS) is 12.1. The third kappa shape index (κ3) is 6.97. The molecule has 0 aromatic carbocycles. The molecule has 1 unspecified atom stereocenters. The van der Waals surface area contributed by atoms with Crippen LogP contribution >= 0.6 is 0 Å². The number of alkyl halides is 1. The lowest BCUT2D eigenvalue weighted by Gasteiger charge is -2.10. The molecule has 0 amide bonds. The van der Waals surface area contributed by atoms with Crippen molar-refractivity contribution in [2.75, 3.05) is 6.61 Å². The van der Waals surface area contributed by atoms with E-state index in [4.69, 9.17) is 4.74 Å². The Morgan fingerprint density at radius 2 is 1.87 bits per heavy atom. The van der Waals surface area contributed by atoms with Crippen LogP contribution in [0.4, 0.5) is 4.39 Å². The molecule has 5 heteroatoms. The first-order chi connectivity index (χ1) is 11.1. The molecule has 1 atom stereocenters. The fraction of sp³-hybridized carbons (Fsp3) is 0.667. The van der Waals surface area contributed by atoms with Crippen LogP contribution in [0.1, 0.15) is 80.5 Å². The monoisotopic (exact) mass is 325 g/mol. The van der Waals surface area contributed by atoms with Crippen molar-refractivity contribution in [1.82, 2.24) is 4.57 Å². The highest BCUT2D eigenvalue weighted by Gasteiger charge is 2.19. The molecule has 1 rings (SSSR count). The Bertz CT molecular complexity index is 484. The largest absolute Gasteiger partial charge is 0.461 e. The summed E-state index contributed by atoms with van der Waals surface area (Å²) in [6.45, 7) is 4.10. The Hall–Kier alpha value is -1.65. The molecule has 130 valence electrons. The van der Waals surface area contributed by atoms with Crippen molar-refractivity contribution in [2.45, 2.75) is 71.4 Å². The summed E-state index contributed by atoms with van der Waals surface area (Å²) in [6, 6.07) is 3.10. The minimum atomic E-state index is -1.16. The smallest absolute Gasteiger partial charge is 0.355 e. The molecule has 0 bridgehead atoms. The minimum absolute atomic E-state index is 0.156. The summed E-state index contributed by atoms with van der Waals surface area (Å²) >= 11 is 0. The molecule has 4 nitrogen and oxygen atoms in total. The molecule has 0 saturated carbocycles. The molecule has 0 aliphatic heterocycles. The molecule has 0 radical (unpaired) electrons. The summed E-state index contributed by atoms with van der Waals surface area (Å²) in [5.74, 6) is -0.964. The molecule has 0 fully saturated rings. The molecule has 1 aromatic heterocycles. The number of halogens is 1. The van der Waals surface area contributed by atoms with E-state index in [1.54, 1.807) is 13.0 Å². The number of hydrogen-bond acceptors (Lipinski definition) is 3. The first kappa shape index (κ1) is 19.4. The quantitative estimate of drug-likeness (QED) is 0.434. The van der Waals surface area contributed by atoms with Crippen molar-refractivity contribution in [3.8, 4) is 0 Å². The summed E-state index contributed by atoms with van der Waals surface area (Å²) in [7, 11) is 0. The van der Waals surface area contributed by atoms with Crippen LogP contribution in [0.3, 0.4) is 0 Å². The average Bonchev–Trinajstić information content (AvgIpc) is 3.00. The summed E-state index contributed by atoms with van der Waals surface area (Å²) in [5, 5.41) is 0. The summed E-state index contributed by atoms with van der Waals surface area (Å²) in [5.41, 5.74) is 0.156. The second kappa shape index (κ2) is 11.0. The highest BCUT2D eigenvalue weighted by molar-refractivity contribution is 5.93. The standard InChI is InChI=1S/C18H28FNO3/c1-3-5-6-7-8-9-11-15(19)14-17(21)20-13-10-12-16(20)18(22)23-4-2/h10,12-13,15H,3-9,11,14H2,1-2H3. The average molecular weight is 325 g/mol. The topological polar surface area (TPSA) is 48.3 Å². The number of hydrogen-bond donors (Lipinski definition) is 0. The van der Waals surface area contributed by atoms with Gasteiger partial charge in [0.2, 0.25) is 5.91 Å². The van der Waals surface area contributed by atoms with Gasteiger partial charge >= 0.3 is 5.97 Å². The minimum Gasteiger partial charge on any atom is -0.461 e. The molecule has 0 aliphatic carbocycles. The second-order valence-corrected chi connectivity index (χ2v) is 5.74. The molecule has 0 saturated heterocycles. The third-order valence-corrected chi connectivity index (χ3v) is 3.77. The number of carbonyl (C=O) groups is 2. The fourth-order valence-electron chi connectivity index (χ4n) is 2.51. The van der Waals surface area contributed by atoms with E-state index >= 15 is 0 Å². The summed E-state index contributed by atoms with van der Waals surface area (Å²) in [6.07, 6.45) is 7.06. The van der Waals surface area contributed by atoms with Crippen molar-refractivity contribution in [3.05, 3.63) is 24.0 Å². The predicted molar refractivity (Wildman–Crippen MR) is 88.5 cm³/mol. The molecular formula is C18H28FNO3. The van der Waals surface area contributed by atoms with Crippen LogP contribution in [0.5, 0.6) is 0 Å². The summed E-state index contributed by atoms with van der Waals surface area (Å²) in [4.78, 5) is 23.9. The first-order valence-electron chi connectivity index (χ1n) is 8.61. The van der Waals surface area contributed by atoms with Gasteiger partial charge in [-0.25, -0.2) is 9.18 Å². The molecule has 0 spiro atoms. The van der Waals surface area contributed by atoms with Crippen LogP contribution in [0.25, 0.3) is 0 Å². The van der Waals surface area contributed by atoms with E-state index in [0.717, 1.165) is 19.3 Å². The van der Waals surface area contributed by atoms with Gasteiger partial charge in [-0.2, -0.15) is 0 Å². The van der Waals surface area contributed by atoms with Gasteiger partial charge < -0.3 is 4.74 Å². The number of nitrogens with zero attached hydrogens (tertiary/aromatic N) is 1. The zero-order chi connectivity index (χ0) is 17.1. The van der Waals surface area contributed by atoms with Gasteiger partial charge in [0.1, 0.15) is 11.9 Å². The van der Waals surface area contributed by atoms with E-state index in [9.17, 15) is 14.0 Å². The van der Waals surface area contributed by atoms with E-state index in [0.29, 0.717) is 6.42 Å². The zero-order valence-electron chi connectivity index (χ0n) is 14.2. The van der Waals surface area contributed by atoms with Crippen molar-refractivity contribution >= 4 is 11.9 Å². The fourth-order valence-corrected chi connectivity index (χ4v) is 2.51. The second-order valence-electron chi connectivity index (χ2n) is 5.74. The van der Waals surface area contributed by atoms with Gasteiger partial charge in [0.05, 0.1) is 13.0 Å². The Balaban J connectivity index is 2.38. The highest BCUT2D eigenvalue weighted by atomic mass is 19.1. The van der Waals surface area contributed by atoms with Gasteiger partial charge in [-0.1, -0.05) is 45.4 Å². The van der Waals surface area contributed by atoms with E-state index in [1.165, 1.54) is 36.1 Å². The van der Waals surface area contributed by atoms with Gasteiger partial charge in [-0.3, -0.25) is 9.36 Å². The van der Waals surface area contributed by atoms with E-state index in [-0.39, 0.29) is 18.7 Å². The van der Waals surface area contributed by atoms with Gasteiger partial charge in [0, 0.05) is 6.20 Å². The Morgan fingerprint density at radius 1 is 1.17 bits per heavy atom. The number of esters is 1. The van der Waals surface area contributed by atoms with E-state index in [2.05, 4.69) is 6.92 Å². The van der Waals surface area contributed by atoms with E-state index < -0.39 is 18.0 Å². The van der Waals surface area contributed by atoms with Crippen LogP contribution in [-0.2, 0) is 4.74 Å². The number of rotatable bonds is 11. The molecular weight excluding hydrogens is 297 g/mol. The predicted octanol–water partition coefficient (Wildman–Crippen LogP) is 4.78. The zero-order valence-corrected chi connectivity index (χ0v) is 14.2. The van der Waals surface area contributed by atoms with Crippen molar-refractivity contribution in [2.24, 2.45) is 0 Å². The van der Waals surface area contributed by atoms with Crippen molar-refractivity contribution < 1.29 is 18.7 Å². The SMILES string of the molecule is CCCCCCCCC(F)CC(=O)n1cccc1C(=O)OCC. The molecule has 0 N–H and O–H groups in total. The van der Waals surface area contributed by atoms with Crippen molar-refractivity contribution in [3.63, 3.8) is 0 Å². The van der Waals surface area contributed by atoms with Crippen LogP contribution in [-0.4, -0.2) is 29.2 Å². The maximum absolute atomic E-state index is 14.0. The van der Waals surface area contributed by atoms with E-state index in [1.807, 2.05) is 0 Å². The van der Waals surface area contributed by atoms with Crippen LogP contribution in [0.2, 0.25) is 0 Å². The molecule has 1 heterocycles. The molecule has 1 aromatic rings. The molecule has 23 heavy (non-hydrogen) atoms. The maximum Gasteiger partial charge on any atom is 0.355 e. The van der Waals surface area contributed by atoms with Crippen molar-refractivity contribution in [1.29, 1.82) is 0 Å². The number of aromatic nitrogens is 1. The van der Waals surface area contributed by atoms with Crippen LogP contribution < -0.4 is 0 Å². The third-order valence-electron chi connectivity index (χ3n) is 3.77.